The highest BCUT2D eigenvalue weighted by atomic mass is 16.2. The van der Waals surface area contributed by atoms with E-state index in [0.29, 0.717) is 12.4 Å². The molecule has 1 aliphatic heterocycles. The van der Waals surface area contributed by atoms with Crippen LogP contribution in [-0.2, 0) is 31.2 Å². The molecule has 8 heteroatoms. The Balaban J connectivity index is 1.36. The fourth-order valence-electron chi connectivity index (χ4n) is 3.36. The van der Waals surface area contributed by atoms with Crippen LogP contribution in [0.1, 0.15) is 17.2 Å². The van der Waals surface area contributed by atoms with Crippen LogP contribution < -0.4 is 5.32 Å². The van der Waals surface area contributed by atoms with Crippen LogP contribution in [0.25, 0.3) is 0 Å². The predicted molar refractivity (Wildman–Crippen MR) is 101 cm³/mol. The minimum Gasteiger partial charge on any atom is -0.313 e. The molecule has 0 unspecified atom stereocenters. The first-order valence-corrected chi connectivity index (χ1v) is 9.14. The van der Waals surface area contributed by atoms with E-state index in [-0.39, 0.29) is 5.91 Å². The van der Waals surface area contributed by atoms with E-state index in [4.69, 9.17) is 0 Å². The third kappa shape index (κ3) is 4.22. The van der Waals surface area contributed by atoms with E-state index in [9.17, 15) is 4.79 Å². The summed E-state index contributed by atoms with van der Waals surface area (Å²) in [7, 11) is 1.83. The minimum atomic E-state index is -0.0455. The molecule has 0 fully saturated rings. The van der Waals surface area contributed by atoms with E-state index in [1.807, 2.05) is 31.4 Å². The maximum absolute atomic E-state index is 12.3. The van der Waals surface area contributed by atoms with Crippen LogP contribution in [0.15, 0.2) is 42.6 Å². The number of aryl methyl sites for hydroxylation is 1. The first-order chi connectivity index (χ1) is 13.2. The van der Waals surface area contributed by atoms with Crippen LogP contribution in [0.4, 0.5) is 5.82 Å². The Hall–Kier alpha value is -3.00. The number of fused-ring (bicyclic) bond motifs is 1. The van der Waals surface area contributed by atoms with E-state index in [1.54, 1.807) is 10.7 Å². The Labute approximate surface area is 157 Å². The van der Waals surface area contributed by atoms with Crippen molar-refractivity contribution >= 4 is 11.7 Å². The summed E-state index contributed by atoms with van der Waals surface area (Å²) >= 11 is 0. The summed E-state index contributed by atoms with van der Waals surface area (Å²) in [6.45, 7) is 2.73. The maximum Gasteiger partial charge on any atom is 0.239 e. The molecule has 8 nitrogen and oxygen atoms in total. The van der Waals surface area contributed by atoms with E-state index < -0.39 is 0 Å². The van der Waals surface area contributed by atoms with Crippen LogP contribution in [0, 0.1) is 0 Å². The second-order valence-corrected chi connectivity index (χ2v) is 6.80. The summed E-state index contributed by atoms with van der Waals surface area (Å²) in [4.78, 5) is 14.4. The van der Waals surface area contributed by atoms with Gasteiger partial charge in [-0.15, -0.1) is 10.2 Å². The zero-order valence-electron chi connectivity index (χ0n) is 15.4. The van der Waals surface area contributed by atoms with Crippen LogP contribution in [0.2, 0.25) is 0 Å². The molecule has 0 atom stereocenters. The first kappa shape index (κ1) is 17.4. The number of amides is 1. The molecular formula is C19H23N7O. The molecule has 0 spiro atoms. The van der Waals surface area contributed by atoms with Gasteiger partial charge in [0.05, 0.1) is 6.54 Å². The van der Waals surface area contributed by atoms with Gasteiger partial charge in [-0.3, -0.25) is 14.4 Å². The SMILES string of the molecule is Cn1ccc(NC(=O)CN2CCc3nnc(Cc4ccccc4)n3CC2)n1. The lowest BCUT2D eigenvalue weighted by atomic mass is 10.1. The van der Waals surface area contributed by atoms with E-state index in [0.717, 1.165) is 44.1 Å². The third-order valence-corrected chi connectivity index (χ3v) is 4.75. The van der Waals surface area contributed by atoms with Crippen molar-refractivity contribution in [2.45, 2.75) is 19.4 Å². The molecule has 1 N–H and O–H groups in total. The molecule has 27 heavy (non-hydrogen) atoms. The van der Waals surface area contributed by atoms with Gasteiger partial charge in [-0.25, -0.2) is 0 Å². The number of nitrogens with one attached hydrogen (secondary N) is 1. The van der Waals surface area contributed by atoms with Crippen molar-refractivity contribution < 1.29 is 4.79 Å². The molecule has 0 saturated heterocycles. The molecule has 2 aromatic heterocycles. The number of nitrogens with zero attached hydrogens (tertiary/aromatic N) is 6. The van der Waals surface area contributed by atoms with Crippen molar-refractivity contribution in [1.82, 2.24) is 29.4 Å². The van der Waals surface area contributed by atoms with Crippen molar-refractivity contribution in [2.75, 3.05) is 25.0 Å². The van der Waals surface area contributed by atoms with Crippen molar-refractivity contribution in [1.29, 1.82) is 0 Å². The lowest BCUT2D eigenvalue weighted by Crippen LogP contribution is -2.35. The molecule has 4 rings (SSSR count). The van der Waals surface area contributed by atoms with Crippen molar-refractivity contribution in [3.8, 4) is 0 Å². The van der Waals surface area contributed by atoms with Crippen LogP contribution in [-0.4, -0.2) is 55.0 Å². The van der Waals surface area contributed by atoms with Gasteiger partial charge < -0.3 is 9.88 Å². The number of benzene rings is 1. The van der Waals surface area contributed by atoms with Crippen LogP contribution in [0.5, 0.6) is 0 Å². The number of aromatic nitrogens is 5. The number of carbonyl (C=O) groups is 1. The van der Waals surface area contributed by atoms with Crippen molar-refractivity contribution in [3.63, 3.8) is 0 Å². The lowest BCUT2D eigenvalue weighted by Gasteiger charge is -2.18. The topological polar surface area (TPSA) is 80.9 Å². The van der Waals surface area contributed by atoms with Gasteiger partial charge >= 0.3 is 0 Å². The summed E-state index contributed by atoms with van der Waals surface area (Å²) in [5, 5.41) is 15.8. The Morgan fingerprint density at radius 2 is 1.96 bits per heavy atom. The third-order valence-electron chi connectivity index (χ3n) is 4.75. The van der Waals surface area contributed by atoms with Crippen LogP contribution in [0.3, 0.4) is 0 Å². The molecule has 0 bridgehead atoms. The molecule has 3 aromatic rings. The zero-order chi connectivity index (χ0) is 18.6. The highest BCUT2D eigenvalue weighted by Gasteiger charge is 2.20. The number of hydrogen-bond acceptors (Lipinski definition) is 5. The van der Waals surface area contributed by atoms with Crippen molar-refractivity contribution in [2.24, 2.45) is 7.05 Å². The van der Waals surface area contributed by atoms with E-state index in [1.165, 1.54) is 5.56 Å². The van der Waals surface area contributed by atoms with E-state index >= 15 is 0 Å². The quantitative estimate of drug-likeness (QED) is 0.732. The maximum atomic E-state index is 12.3. The number of anilines is 1. The Morgan fingerprint density at radius 1 is 1.11 bits per heavy atom. The largest absolute Gasteiger partial charge is 0.313 e. The van der Waals surface area contributed by atoms with Gasteiger partial charge in [-0.2, -0.15) is 5.10 Å². The first-order valence-electron chi connectivity index (χ1n) is 9.14. The Morgan fingerprint density at radius 3 is 2.74 bits per heavy atom. The average molecular weight is 365 g/mol. The fourth-order valence-corrected chi connectivity index (χ4v) is 3.36. The number of hydrogen-bond donors (Lipinski definition) is 1. The molecule has 3 heterocycles. The molecule has 1 aliphatic rings. The summed E-state index contributed by atoms with van der Waals surface area (Å²) in [6, 6.07) is 12.1. The van der Waals surface area contributed by atoms with Gasteiger partial charge in [0.2, 0.25) is 5.91 Å². The van der Waals surface area contributed by atoms with Gasteiger partial charge in [-0.1, -0.05) is 30.3 Å². The minimum absolute atomic E-state index is 0.0455. The van der Waals surface area contributed by atoms with Crippen molar-refractivity contribution in [3.05, 3.63) is 59.8 Å². The second kappa shape index (κ2) is 7.71. The molecule has 140 valence electrons. The van der Waals surface area contributed by atoms with Crippen LogP contribution >= 0.6 is 0 Å². The molecule has 0 radical (unpaired) electrons. The van der Waals surface area contributed by atoms with Gasteiger partial charge in [0.15, 0.2) is 5.82 Å². The number of carbonyl (C=O) groups excluding carboxylic acids is 1. The highest BCUT2D eigenvalue weighted by molar-refractivity contribution is 5.91. The summed E-state index contributed by atoms with van der Waals surface area (Å²) in [5.41, 5.74) is 1.23. The average Bonchev–Trinajstić information content (AvgIpc) is 3.18. The Kier molecular flexibility index (Phi) is 4.97. The molecule has 0 aliphatic carbocycles. The lowest BCUT2D eigenvalue weighted by molar-refractivity contribution is -0.117. The van der Waals surface area contributed by atoms with Gasteiger partial charge in [0, 0.05) is 51.8 Å². The smallest absolute Gasteiger partial charge is 0.239 e. The summed E-state index contributed by atoms with van der Waals surface area (Å²) in [5.74, 6) is 2.51. The standard InChI is InChI=1S/C19H23N7O/c1-24-9-7-16(23-24)20-19(27)14-25-10-8-17-21-22-18(26(17)12-11-25)13-15-5-3-2-4-6-15/h2-7,9H,8,10-14H2,1H3,(H,20,23,27). The van der Waals surface area contributed by atoms with E-state index in [2.05, 4.69) is 42.2 Å². The monoisotopic (exact) mass is 365 g/mol. The molecule has 1 aromatic carbocycles. The second-order valence-electron chi connectivity index (χ2n) is 6.80. The summed E-state index contributed by atoms with van der Waals surface area (Å²) in [6.07, 6.45) is 3.37. The van der Waals surface area contributed by atoms with Gasteiger partial charge in [0.1, 0.15) is 11.6 Å². The molecule has 0 saturated carbocycles. The highest BCUT2D eigenvalue weighted by Crippen LogP contribution is 2.13. The normalized spacial score (nSPS) is 14.6. The molecular weight excluding hydrogens is 342 g/mol. The Bertz CT molecular complexity index is 915. The predicted octanol–water partition coefficient (Wildman–Crippen LogP) is 1.10. The summed E-state index contributed by atoms with van der Waals surface area (Å²) < 4.78 is 3.87. The number of rotatable bonds is 5. The van der Waals surface area contributed by atoms with Gasteiger partial charge in [-0.05, 0) is 5.56 Å². The van der Waals surface area contributed by atoms with Gasteiger partial charge in [0.25, 0.3) is 0 Å². The fraction of sp³-hybridized carbons (Fsp3) is 0.368. The molecule has 1 amide bonds. The zero-order valence-corrected chi connectivity index (χ0v) is 15.4.